The molecule has 1 aromatic heterocycles. The van der Waals surface area contributed by atoms with E-state index in [2.05, 4.69) is 46.4 Å². The Morgan fingerprint density at radius 1 is 1.30 bits per heavy atom. The molecule has 4 heteroatoms. The third-order valence-electron chi connectivity index (χ3n) is 4.06. The molecular formula is C16H18N4. The Morgan fingerprint density at radius 3 is 2.75 bits per heavy atom. The first-order chi connectivity index (χ1) is 9.70. The fourth-order valence-corrected chi connectivity index (χ4v) is 3.09. The summed E-state index contributed by atoms with van der Waals surface area (Å²) in [4.78, 5) is 2.29. The summed E-state index contributed by atoms with van der Waals surface area (Å²) in [5.74, 6) is 1.50. The number of benzene rings is 1. The standard InChI is InChI=1S/C16H18N4/c1-12-15(10-17)16(19(2)18-12)20-9-8-14(11-20)13-6-4-3-5-7-13/h3-7,14H,8-9,11H2,1-2H3. The molecule has 0 radical (unpaired) electrons. The van der Waals surface area contributed by atoms with Crippen LogP contribution in [0, 0.1) is 18.3 Å². The zero-order chi connectivity index (χ0) is 14.1. The number of anilines is 1. The molecule has 0 saturated carbocycles. The fourth-order valence-electron chi connectivity index (χ4n) is 3.09. The maximum absolute atomic E-state index is 9.33. The van der Waals surface area contributed by atoms with E-state index in [-0.39, 0.29) is 0 Å². The third-order valence-corrected chi connectivity index (χ3v) is 4.06. The Labute approximate surface area is 119 Å². The van der Waals surface area contributed by atoms with Crippen molar-refractivity contribution in [3.05, 3.63) is 47.2 Å². The van der Waals surface area contributed by atoms with E-state index >= 15 is 0 Å². The lowest BCUT2D eigenvalue weighted by Gasteiger charge is -2.19. The van der Waals surface area contributed by atoms with Gasteiger partial charge in [0.25, 0.3) is 0 Å². The summed E-state index contributed by atoms with van der Waals surface area (Å²) < 4.78 is 1.83. The third kappa shape index (κ3) is 2.05. The molecule has 0 aliphatic carbocycles. The van der Waals surface area contributed by atoms with Gasteiger partial charge in [0.1, 0.15) is 17.5 Å². The SMILES string of the molecule is Cc1nn(C)c(N2CCC(c3ccccc3)C2)c1C#N. The van der Waals surface area contributed by atoms with Crippen LogP contribution in [0.15, 0.2) is 30.3 Å². The van der Waals surface area contributed by atoms with Crippen molar-refractivity contribution in [2.45, 2.75) is 19.3 Å². The van der Waals surface area contributed by atoms with Gasteiger partial charge in [0.2, 0.25) is 0 Å². The van der Waals surface area contributed by atoms with Gasteiger partial charge in [-0.25, -0.2) is 0 Å². The van der Waals surface area contributed by atoms with Crippen molar-refractivity contribution in [3.63, 3.8) is 0 Å². The molecule has 0 spiro atoms. The first-order valence-electron chi connectivity index (χ1n) is 6.94. The quantitative estimate of drug-likeness (QED) is 0.839. The molecule has 102 valence electrons. The van der Waals surface area contributed by atoms with Crippen molar-refractivity contribution in [2.75, 3.05) is 18.0 Å². The van der Waals surface area contributed by atoms with Crippen molar-refractivity contribution in [2.24, 2.45) is 7.05 Å². The lowest BCUT2D eigenvalue weighted by atomic mass is 9.99. The van der Waals surface area contributed by atoms with Gasteiger partial charge < -0.3 is 4.90 Å². The Kier molecular flexibility index (Phi) is 3.19. The number of aromatic nitrogens is 2. The molecule has 0 amide bonds. The second-order valence-electron chi connectivity index (χ2n) is 5.36. The molecule has 2 heterocycles. The molecule has 0 bridgehead atoms. The molecule has 4 nitrogen and oxygen atoms in total. The second kappa shape index (κ2) is 5.01. The van der Waals surface area contributed by atoms with Gasteiger partial charge in [0.05, 0.1) is 5.69 Å². The van der Waals surface area contributed by atoms with Crippen LogP contribution >= 0.6 is 0 Å². The van der Waals surface area contributed by atoms with Gasteiger partial charge in [0.15, 0.2) is 0 Å². The van der Waals surface area contributed by atoms with E-state index < -0.39 is 0 Å². The Balaban J connectivity index is 1.87. The lowest BCUT2D eigenvalue weighted by Crippen LogP contribution is -2.22. The highest BCUT2D eigenvalue weighted by atomic mass is 15.4. The van der Waals surface area contributed by atoms with Crippen LogP contribution in [0.1, 0.15) is 29.2 Å². The van der Waals surface area contributed by atoms with Crippen LogP contribution in [-0.4, -0.2) is 22.9 Å². The smallest absolute Gasteiger partial charge is 0.144 e. The number of hydrogen-bond donors (Lipinski definition) is 0. The lowest BCUT2D eigenvalue weighted by molar-refractivity contribution is 0.726. The van der Waals surface area contributed by atoms with Crippen molar-refractivity contribution in [3.8, 4) is 6.07 Å². The topological polar surface area (TPSA) is 44.9 Å². The second-order valence-corrected chi connectivity index (χ2v) is 5.36. The van der Waals surface area contributed by atoms with E-state index in [4.69, 9.17) is 0 Å². The first-order valence-corrected chi connectivity index (χ1v) is 6.94. The highest BCUT2D eigenvalue weighted by molar-refractivity contribution is 5.58. The van der Waals surface area contributed by atoms with Crippen LogP contribution in [0.2, 0.25) is 0 Å². The van der Waals surface area contributed by atoms with Crippen LogP contribution in [0.3, 0.4) is 0 Å². The molecule has 1 unspecified atom stereocenters. The average Bonchev–Trinajstić information content (AvgIpc) is 3.03. The summed E-state index contributed by atoms with van der Waals surface area (Å²) in [6, 6.07) is 12.9. The zero-order valence-corrected chi connectivity index (χ0v) is 11.9. The van der Waals surface area contributed by atoms with Crippen molar-refractivity contribution in [1.82, 2.24) is 9.78 Å². The van der Waals surface area contributed by atoms with Gasteiger partial charge in [0, 0.05) is 26.1 Å². The molecule has 1 aliphatic rings. The highest BCUT2D eigenvalue weighted by Crippen LogP contribution is 2.32. The molecule has 2 aromatic rings. The van der Waals surface area contributed by atoms with Gasteiger partial charge in [-0.2, -0.15) is 10.4 Å². The minimum atomic E-state index is 0.540. The van der Waals surface area contributed by atoms with Gasteiger partial charge >= 0.3 is 0 Å². The van der Waals surface area contributed by atoms with Gasteiger partial charge in [-0.15, -0.1) is 0 Å². The molecule has 1 atom stereocenters. The van der Waals surface area contributed by atoms with E-state index in [9.17, 15) is 5.26 Å². The maximum Gasteiger partial charge on any atom is 0.144 e. The summed E-state index contributed by atoms with van der Waals surface area (Å²) in [7, 11) is 1.92. The molecule has 3 rings (SSSR count). The van der Waals surface area contributed by atoms with Crippen LogP contribution in [-0.2, 0) is 7.05 Å². The normalized spacial score (nSPS) is 18.2. The van der Waals surface area contributed by atoms with Gasteiger partial charge in [-0.1, -0.05) is 30.3 Å². The van der Waals surface area contributed by atoms with E-state index in [0.29, 0.717) is 11.5 Å². The zero-order valence-electron chi connectivity index (χ0n) is 11.9. The first kappa shape index (κ1) is 12.7. The summed E-state index contributed by atoms with van der Waals surface area (Å²) in [6.45, 7) is 3.83. The Hall–Kier alpha value is -2.28. The van der Waals surface area contributed by atoms with Crippen LogP contribution in [0.5, 0.6) is 0 Å². The van der Waals surface area contributed by atoms with E-state index in [1.165, 1.54) is 5.56 Å². The van der Waals surface area contributed by atoms with E-state index in [1.807, 2.05) is 18.7 Å². The van der Waals surface area contributed by atoms with Crippen molar-refractivity contribution >= 4 is 5.82 Å². The summed E-state index contributed by atoms with van der Waals surface area (Å²) in [6.07, 6.45) is 1.12. The van der Waals surface area contributed by atoms with Gasteiger partial charge in [-0.05, 0) is 18.9 Å². The summed E-state index contributed by atoms with van der Waals surface area (Å²) in [5.41, 5.74) is 2.90. The monoisotopic (exact) mass is 266 g/mol. The number of rotatable bonds is 2. The minimum Gasteiger partial charge on any atom is -0.355 e. The maximum atomic E-state index is 9.33. The van der Waals surface area contributed by atoms with Crippen molar-refractivity contribution < 1.29 is 0 Å². The summed E-state index contributed by atoms with van der Waals surface area (Å²) in [5, 5.41) is 13.7. The Morgan fingerprint density at radius 2 is 2.05 bits per heavy atom. The molecule has 1 aliphatic heterocycles. The molecule has 20 heavy (non-hydrogen) atoms. The molecular weight excluding hydrogens is 248 g/mol. The molecule has 0 N–H and O–H groups in total. The predicted octanol–water partition coefficient (Wildman–Crippen LogP) is 2.59. The summed E-state index contributed by atoms with van der Waals surface area (Å²) >= 11 is 0. The number of nitrogens with zero attached hydrogens (tertiary/aromatic N) is 4. The van der Waals surface area contributed by atoms with E-state index in [0.717, 1.165) is 31.0 Å². The van der Waals surface area contributed by atoms with Crippen LogP contribution in [0.25, 0.3) is 0 Å². The molecule has 1 fully saturated rings. The Bertz CT molecular complexity index is 651. The van der Waals surface area contributed by atoms with E-state index in [1.54, 1.807) is 0 Å². The fraction of sp³-hybridized carbons (Fsp3) is 0.375. The predicted molar refractivity (Wildman–Crippen MR) is 78.7 cm³/mol. The molecule has 1 saturated heterocycles. The highest BCUT2D eigenvalue weighted by Gasteiger charge is 2.28. The van der Waals surface area contributed by atoms with Crippen LogP contribution < -0.4 is 4.90 Å². The molecule has 1 aromatic carbocycles. The number of aryl methyl sites for hydroxylation is 2. The largest absolute Gasteiger partial charge is 0.355 e. The number of hydrogen-bond acceptors (Lipinski definition) is 3. The number of nitriles is 1. The van der Waals surface area contributed by atoms with Crippen LogP contribution in [0.4, 0.5) is 5.82 Å². The average molecular weight is 266 g/mol. The minimum absolute atomic E-state index is 0.540. The van der Waals surface area contributed by atoms with Crippen molar-refractivity contribution in [1.29, 1.82) is 5.26 Å². The van der Waals surface area contributed by atoms with Gasteiger partial charge in [-0.3, -0.25) is 4.68 Å².